The Morgan fingerprint density at radius 3 is 2.71 bits per heavy atom. The molecule has 0 aliphatic heterocycles. The first-order valence-electron chi connectivity index (χ1n) is 4.42. The molecule has 0 saturated heterocycles. The summed E-state index contributed by atoms with van der Waals surface area (Å²) < 4.78 is 2.97. The SMILES string of the molecule is Cc1cccc(-c2ncn(C)c2Br)c1. The van der Waals surface area contributed by atoms with E-state index in [0.29, 0.717) is 0 Å². The second-order valence-corrected chi connectivity index (χ2v) is 4.12. The molecular weight excluding hydrogens is 240 g/mol. The highest BCUT2D eigenvalue weighted by Crippen LogP contribution is 2.26. The summed E-state index contributed by atoms with van der Waals surface area (Å²) in [5, 5.41) is 0. The average Bonchev–Trinajstić information content (AvgIpc) is 2.48. The summed E-state index contributed by atoms with van der Waals surface area (Å²) in [5.74, 6) is 0. The maximum Gasteiger partial charge on any atom is 0.112 e. The Kier molecular flexibility index (Phi) is 2.42. The van der Waals surface area contributed by atoms with Gasteiger partial charge >= 0.3 is 0 Å². The summed E-state index contributed by atoms with van der Waals surface area (Å²) in [6, 6.07) is 8.33. The van der Waals surface area contributed by atoms with Gasteiger partial charge in [-0.2, -0.15) is 0 Å². The topological polar surface area (TPSA) is 17.8 Å². The van der Waals surface area contributed by atoms with Crippen molar-refractivity contribution < 1.29 is 0 Å². The van der Waals surface area contributed by atoms with Gasteiger partial charge in [0.25, 0.3) is 0 Å². The molecule has 72 valence electrons. The molecule has 0 saturated carbocycles. The van der Waals surface area contributed by atoms with Gasteiger partial charge < -0.3 is 4.57 Å². The quantitative estimate of drug-likeness (QED) is 0.761. The minimum Gasteiger partial charge on any atom is -0.328 e. The van der Waals surface area contributed by atoms with E-state index in [9.17, 15) is 0 Å². The van der Waals surface area contributed by atoms with E-state index in [1.165, 1.54) is 5.56 Å². The highest BCUT2D eigenvalue weighted by molar-refractivity contribution is 9.10. The third kappa shape index (κ3) is 1.60. The van der Waals surface area contributed by atoms with Crippen LogP contribution in [0.15, 0.2) is 35.2 Å². The van der Waals surface area contributed by atoms with E-state index in [2.05, 4.69) is 46.0 Å². The van der Waals surface area contributed by atoms with Crippen molar-refractivity contribution in [1.29, 1.82) is 0 Å². The van der Waals surface area contributed by atoms with Crippen molar-refractivity contribution in [3.63, 3.8) is 0 Å². The van der Waals surface area contributed by atoms with Crippen LogP contribution in [0.1, 0.15) is 5.56 Å². The molecule has 1 heterocycles. The first-order valence-corrected chi connectivity index (χ1v) is 5.21. The Morgan fingerprint density at radius 2 is 2.14 bits per heavy atom. The number of aryl methyl sites for hydroxylation is 2. The molecule has 2 nitrogen and oxygen atoms in total. The lowest BCUT2D eigenvalue weighted by atomic mass is 10.1. The largest absolute Gasteiger partial charge is 0.328 e. The van der Waals surface area contributed by atoms with Crippen LogP contribution < -0.4 is 0 Å². The van der Waals surface area contributed by atoms with E-state index in [1.54, 1.807) is 0 Å². The molecule has 0 radical (unpaired) electrons. The molecule has 2 rings (SSSR count). The van der Waals surface area contributed by atoms with Crippen molar-refractivity contribution in [3.8, 4) is 11.3 Å². The molecule has 0 aliphatic rings. The number of hydrogen-bond acceptors (Lipinski definition) is 1. The maximum absolute atomic E-state index is 4.34. The van der Waals surface area contributed by atoms with E-state index in [0.717, 1.165) is 15.9 Å². The molecule has 0 bridgehead atoms. The summed E-state index contributed by atoms with van der Waals surface area (Å²) >= 11 is 3.51. The molecule has 0 unspecified atom stereocenters. The highest BCUT2D eigenvalue weighted by atomic mass is 79.9. The molecule has 2 aromatic rings. The van der Waals surface area contributed by atoms with Gasteiger partial charge in [-0.25, -0.2) is 4.98 Å². The lowest BCUT2D eigenvalue weighted by molar-refractivity contribution is 0.891. The van der Waals surface area contributed by atoms with Gasteiger partial charge in [-0.1, -0.05) is 23.8 Å². The van der Waals surface area contributed by atoms with E-state index >= 15 is 0 Å². The normalized spacial score (nSPS) is 10.5. The molecule has 0 aliphatic carbocycles. The summed E-state index contributed by atoms with van der Waals surface area (Å²) in [6.07, 6.45) is 1.81. The van der Waals surface area contributed by atoms with Crippen molar-refractivity contribution in [1.82, 2.24) is 9.55 Å². The molecule has 1 aromatic heterocycles. The molecule has 0 atom stereocenters. The first kappa shape index (κ1) is 9.46. The Morgan fingerprint density at radius 1 is 1.36 bits per heavy atom. The standard InChI is InChI=1S/C11H11BrN2/c1-8-4-3-5-9(6-8)10-11(12)14(2)7-13-10/h3-7H,1-2H3. The van der Waals surface area contributed by atoms with E-state index < -0.39 is 0 Å². The maximum atomic E-state index is 4.34. The summed E-state index contributed by atoms with van der Waals surface area (Å²) in [7, 11) is 1.97. The third-order valence-electron chi connectivity index (χ3n) is 2.16. The molecule has 3 heteroatoms. The Hall–Kier alpha value is -1.09. The van der Waals surface area contributed by atoms with Gasteiger partial charge in [0.2, 0.25) is 0 Å². The van der Waals surface area contributed by atoms with Gasteiger partial charge in [-0.05, 0) is 28.9 Å². The van der Waals surface area contributed by atoms with Crippen LogP contribution in [0.4, 0.5) is 0 Å². The van der Waals surface area contributed by atoms with Crippen LogP contribution in [0.25, 0.3) is 11.3 Å². The zero-order valence-corrected chi connectivity index (χ0v) is 9.75. The smallest absolute Gasteiger partial charge is 0.112 e. The fourth-order valence-electron chi connectivity index (χ4n) is 1.40. The van der Waals surface area contributed by atoms with Gasteiger partial charge in [0.15, 0.2) is 0 Å². The van der Waals surface area contributed by atoms with E-state index in [-0.39, 0.29) is 0 Å². The first-order chi connectivity index (χ1) is 6.68. The van der Waals surface area contributed by atoms with E-state index in [1.807, 2.05) is 24.0 Å². The van der Waals surface area contributed by atoms with Crippen molar-refractivity contribution in [2.45, 2.75) is 6.92 Å². The van der Waals surface area contributed by atoms with Crippen LogP contribution in [-0.4, -0.2) is 9.55 Å². The highest BCUT2D eigenvalue weighted by Gasteiger charge is 2.07. The zero-order chi connectivity index (χ0) is 10.1. The van der Waals surface area contributed by atoms with Crippen LogP contribution in [0, 0.1) is 6.92 Å². The van der Waals surface area contributed by atoms with Gasteiger partial charge in [-0.15, -0.1) is 0 Å². The molecule has 0 spiro atoms. The Labute approximate surface area is 91.7 Å². The fourth-order valence-corrected chi connectivity index (χ4v) is 1.82. The lowest BCUT2D eigenvalue weighted by Gasteiger charge is -2.00. The predicted octanol–water partition coefficient (Wildman–Crippen LogP) is 3.16. The lowest BCUT2D eigenvalue weighted by Crippen LogP contribution is -1.84. The van der Waals surface area contributed by atoms with Gasteiger partial charge in [0, 0.05) is 12.6 Å². The monoisotopic (exact) mass is 250 g/mol. The van der Waals surface area contributed by atoms with Gasteiger partial charge in [0.1, 0.15) is 10.3 Å². The zero-order valence-electron chi connectivity index (χ0n) is 8.16. The average molecular weight is 251 g/mol. The number of imidazole rings is 1. The fraction of sp³-hybridized carbons (Fsp3) is 0.182. The van der Waals surface area contributed by atoms with Crippen LogP contribution in [0.5, 0.6) is 0 Å². The summed E-state index contributed by atoms with van der Waals surface area (Å²) in [5.41, 5.74) is 3.40. The van der Waals surface area contributed by atoms with Crippen LogP contribution in [0.3, 0.4) is 0 Å². The molecule has 14 heavy (non-hydrogen) atoms. The number of nitrogens with zero attached hydrogens (tertiary/aromatic N) is 2. The Balaban J connectivity index is 2.55. The number of rotatable bonds is 1. The summed E-state index contributed by atoms with van der Waals surface area (Å²) in [4.78, 5) is 4.34. The van der Waals surface area contributed by atoms with Crippen molar-refractivity contribution >= 4 is 15.9 Å². The number of halogens is 1. The molecule has 0 N–H and O–H groups in total. The van der Waals surface area contributed by atoms with Crippen molar-refractivity contribution in [2.24, 2.45) is 7.05 Å². The second kappa shape index (κ2) is 3.58. The number of hydrogen-bond donors (Lipinski definition) is 0. The van der Waals surface area contributed by atoms with Crippen LogP contribution in [-0.2, 0) is 7.05 Å². The van der Waals surface area contributed by atoms with Crippen LogP contribution in [0.2, 0.25) is 0 Å². The van der Waals surface area contributed by atoms with Crippen molar-refractivity contribution in [3.05, 3.63) is 40.8 Å². The van der Waals surface area contributed by atoms with Gasteiger partial charge in [-0.3, -0.25) is 0 Å². The number of aromatic nitrogens is 2. The molecule has 0 fully saturated rings. The second-order valence-electron chi connectivity index (χ2n) is 3.36. The minimum atomic E-state index is 0.996. The molecule has 1 aromatic carbocycles. The van der Waals surface area contributed by atoms with Gasteiger partial charge in [0.05, 0.1) is 6.33 Å². The minimum absolute atomic E-state index is 0.996. The number of benzene rings is 1. The molecular formula is C11H11BrN2. The summed E-state index contributed by atoms with van der Waals surface area (Å²) in [6.45, 7) is 2.08. The predicted molar refractivity (Wildman–Crippen MR) is 61.1 cm³/mol. The van der Waals surface area contributed by atoms with Crippen molar-refractivity contribution in [2.75, 3.05) is 0 Å². The molecule has 0 amide bonds. The van der Waals surface area contributed by atoms with E-state index in [4.69, 9.17) is 0 Å². The third-order valence-corrected chi connectivity index (χ3v) is 3.09. The van der Waals surface area contributed by atoms with Crippen LogP contribution >= 0.6 is 15.9 Å². The Bertz CT molecular complexity index is 460.